The minimum atomic E-state index is -4.45. The maximum Gasteiger partial charge on any atom is 0.416 e. The predicted octanol–water partition coefficient (Wildman–Crippen LogP) is 2.46. The topological polar surface area (TPSA) is 29.1 Å². The van der Waals surface area contributed by atoms with Gasteiger partial charge in [-0.15, -0.1) is 12.3 Å². The summed E-state index contributed by atoms with van der Waals surface area (Å²) in [6, 6.07) is 4.24. The number of carbonyl (C=O) groups excluding carboxylic acids is 1. The molecule has 0 heterocycles. The Balaban J connectivity index is 2.79. The predicted molar refractivity (Wildman–Crippen MR) is 57.2 cm³/mol. The molecule has 1 aromatic rings. The van der Waals surface area contributed by atoms with Crippen molar-refractivity contribution >= 4 is 5.91 Å². The first-order valence-corrected chi connectivity index (χ1v) is 4.84. The fraction of sp³-hybridized carbons (Fsp3) is 0.250. The van der Waals surface area contributed by atoms with E-state index < -0.39 is 17.6 Å². The smallest absolute Gasteiger partial charge is 0.351 e. The van der Waals surface area contributed by atoms with Crippen LogP contribution in [0.2, 0.25) is 0 Å². The highest BCUT2D eigenvalue weighted by atomic mass is 19.4. The van der Waals surface area contributed by atoms with E-state index in [1.165, 1.54) is 12.1 Å². The van der Waals surface area contributed by atoms with Crippen molar-refractivity contribution in [3.8, 4) is 12.3 Å². The van der Waals surface area contributed by atoms with E-state index in [1.54, 1.807) is 0 Å². The number of nitrogens with one attached hydrogen (secondary N) is 1. The summed E-state index contributed by atoms with van der Waals surface area (Å²) in [5, 5.41) is 2.43. The Hall–Kier alpha value is -1.96. The zero-order chi connectivity index (χ0) is 12.9. The van der Waals surface area contributed by atoms with Gasteiger partial charge in [0.2, 0.25) is 0 Å². The summed E-state index contributed by atoms with van der Waals surface area (Å²) in [5.41, 5.74) is -0.876. The highest BCUT2D eigenvalue weighted by Gasteiger charge is 2.30. The second-order valence-electron chi connectivity index (χ2n) is 3.29. The van der Waals surface area contributed by atoms with Crippen LogP contribution in [0.15, 0.2) is 24.3 Å². The summed E-state index contributed by atoms with van der Waals surface area (Å²) in [5.74, 6) is 1.75. The van der Waals surface area contributed by atoms with Crippen LogP contribution in [0.1, 0.15) is 22.3 Å². The van der Waals surface area contributed by atoms with E-state index in [2.05, 4.69) is 11.2 Å². The van der Waals surface area contributed by atoms with Crippen molar-refractivity contribution in [1.82, 2.24) is 5.32 Å². The molecule has 90 valence electrons. The van der Waals surface area contributed by atoms with Crippen LogP contribution in [0, 0.1) is 12.3 Å². The molecule has 0 fully saturated rings. The Morgan fingerprint density at radius 2 is 2.12 bits per heavy atom. The second-order valence-corrected chi connectivity index (χ2v) is 3.29. The molecular formula is C12H10F3NO. The minimum absolute atomic E-state index is 0.0307. The molecule has 0 unspecified atom stereocenters. The molecule has 17 heavy (non-hydrogen) atoms. The lowest BCUT2D eigenvalue weighted by molar-refractivity contribution is -0.137. The van der Waals surface area contributed by atoms with Gasteiger partial charge in [0.1, 0.15) is 0 Å². The molecule has 0 atom stereocenters. The first-order valence-electron chi connectivity index (χ1n) is 4.84. The number of amides is 1. The Bertz CT molecular complexity index is 446. The lowest BCUT2D eigenvalue weighted by Gasteiger charge is -2.08. The molecule has 0 aliphatic carbocycles. The van der Waals surface area contributed by atoms with Crippen LogP contribution in [-0.2, 0) is 6.18 Å². The van der Waals surface area contributed by atoms with Gasteiger partial charge < -0.3 is 5.32 Å². The van der Waals surface area contributed by atoms with E-state index in [-0.39, 0.29) is 12.1 Å². The first-order chi connectivity index (χ1) is 7.95. The zero-order valence-electron chi connectivity index (χ0n) is 8.84. The van der Waals surface area contributed by atoms with E-state index in [4.69, 9.17) is 6.42 Å². The highest BCUT2D eigenvalue weighted by molar-refractivity contribution is 5.94. The first kappa shape index (κ1) is 13.1. The molecule has 0 aliphatic rings. The number of hydrogen-bond acceptors (Lipinski definition) is 1. The maximum absolute atomic E-state index is 12.4. The monoisotopic (exact) mass is 241 g/mol. The fourth-order valence-corrected chi connectivity index (χ4v) is 1.19. The summed E-state index contributed by atoms with van der Waals surface area (Å²) >= 11 is 0. The summed E-state index contributed by atoms with van der Waals surface area (Å²) in [4.78, 5) is 11.5. The number of carbonyl (C=O) groups is 1. The van der Waals surface area contributed by atoms with Crippen molar-refractivity contribution in [3.05, 3.63) is 35.4 Å². The van der Waals surface area contributed by atoms with Gasteiger partial charge >= 0.3 is 6.18 Å². The Morgan fingerprint density at radius 3 is 2.71 bits per heavy atom. The summed E-state index contributed by atoms with van der Waals surface area (Å²) in [6.07, 6.45) is 0.873. The van der Waals surface area contributed by atoms with Crippen molar-refractivity contribution in [3.63, 3.8) is 0 Å². The average molecular weight is 241 g/mol. The third kappa shape index (κ3) is 3.83. The van der Waals surface area contributed by atoms with Gasteiger partial charge in [0.05, 0.1) is 5.56 Å². The van der Waals surface area contributed by atoms with E-state index in [1.807, 2.05) is 0 Å². The Kier molecular flexibility index (Phi) is 4.16. The summed E-state index contributed by atoms with van der Waals surface area (Å²) in [6.45, 7) is 0.242. The molecule has 1 aromatic carbocycles. The lowest BCUT2D eigenvalue weighted by atomic mass is 10.1. The van der Waals surface area contributed by atoms with E-state index in [0.717, 1.165) is 12.1 Å². The van der Waals surface area contributed by atoms with Crippen molar-refractivity contribution < 1.29 is 18.0 Å². The van der Waals surface area contributed by atoms with Gasteiger partial charge in [0, 0.05) is 18.5 Å². The van der Waals surface area contributed by atoms with E-state index >= 15 is 0 Å². The van der Waals surface area contributed by atoms with Gasteiger partial charge in [0.15, 0.2) is 0 Å². The van der Waals surface area contributed by atoms with Crippen molar-refractivity contribution in [2.75, 3.05) is 6.54 Å². The molecule has 1 N–H and O–H groups in total. The minimum Gasteiger partial charge on any atom is -0.351 e. The van der Waals surface area contributed by atoms with Gasteiger partial charge in [-0.1, -0.05) is 6.07 Å². The van der Waals surface area contributed by atoms with Crippen LogP contribution in [0.4, 0.5) is 13.2 Å². The highest BCUT2D eigenvalue weighted by Crippen LogP contribution is 2.29. The fourth-order valence-electron chi connectivity index (χ4n) is 1.19. The number of halogens is 3. The lowest BCUT2D eigenvalue weighted by Crippen LogP contribution is -2.24. The zero-order valence-corrected chi connectivity index (χ0v) is 8.84. The van der Waals surface area contributed by atoms with Gasteiger partial charge in [-0.25, -0.2) is 0 Å². The van der Waals surface area contributed by atoms with Crippen LogP contribution >= 0.6 is 0 Å². The standard InChI is InChI=1S/C12H10F3NO/c1-2-3-7-16-11(17)9-5-4-6-10(8-9)12(13,14)15/h1,4-6,8H,3,7H2,(H,16,17). The van der Waals surface area contributed by atoms with Crippen LogP contribution < -0.4 is 5.32 Å². The molecule has 0 aliphatic heterocycles. The molecule has 0 radical (unpaired) electrons. The molecule has 5 heteroatoms. The molecule has 0 bridgehead atoms. The van der Waals surface area contributed by atoms with Crippen LogP contribution in [0.5, 0.6) is 0 Å². The molecule has 0 aromatic heterocycles. The third-order valence-corrected chi connectivity index (χ3v) is 2.01. The van der Waals surface area contributed by atoms with Crippen molar-refractivity contribution in [2.24, 2.45) is 0 Å². The maximum atomic E-state index is 12.4. The number of hydrogen-bond donors (Lipinski definition) is 1. The number of terminal acetylenes is 1. The van der Waals surface area contributed by atoms with Gasteiger partial charge in [-0.2, -0.15) is 13.2 Å². The van der Waals surface area contributed by atoms with Crippen LogP contribution in [0.3, 0.4) is 0 Å². The van der Waals surface area contributed by atoms with Gasteiger partial charge in [0.25, 0.3) is 5.91 Å². The molecule has 1 rings (SSSR count). The molecular weight excluding hydrogens is 231 g/mol. The van der Waals surface area contributed by atoms with Crippen molar-refractivity contribution in [1.29, 1.82) is 0 Å². The summed E-state index contributed by atoms with van der Waals surface area (Å²) < 4.78 is 37.1. The second kappa shape index (κ2) is 5.39. The Labute approximate surface area is 96.8 Å². The van der Waals surface area contributed by atoms with Crippen LogP contribution in [-0.4, -0.2) is 12.5 Å². The van der Waals surface area contributed by atoms with E-state index in [9.17, 15) is 18.0 Å². The number of alkyl halides is 3. The number of rotatable bonds is 3. The largest absolute Gasteiger partial charge is 0.416 e. The molecule has 0 saturated heterocycles. The normalized spacial score (nSPS) is 10.7. The molecule has 1 amide bonds. The van der Waals surface area contributed by atoms with Crippen molar-refractivity contribution in [2.45, 2.75) is 12.6 Å². The number of benzene rings is 1. The quantitative estimate of drug-likeness (QED) is 0.639. The third-order valence-electron chi connectivity index (χ3n) is 2.01. The Morgan fingerprint density at radius 1 is 1.41 bits per heavy atom. The van der Waals surface area contributed by atoms with Gasteiger partial charge in [-0.05, 0) is 18.2 Å². The van der Waals surface area contributed by atoms with Gasteiger partial charge in [-0.3, -0.25) is 4.79 Å². The molecule has 2 nitrogen and oxygen atoms in total. The van der Waals surface area contributed by atoms with Crippen LogP contribution in [0.25, 0.3) is 0 Å². The summed E-state index contributed by atoms with van der Waals surface area (Å²) in [7, 11) is 0. The van der Waals surface area contributed by atoms with E-state index in [0.29, 0.717) is 6.42 Å². The molecule has 0 spiro atoms. The molecule has 0 saturated carbocycles. The average Bonchev–Trinajstić information content (AvgIpc) is 2.28. The SMILES string of the molecule is C#CCCNC(=O)c1cccc(C(F)(F)F)c1.